The summed E-state index contributed by atoms with van der Waals surface area (Å²) < 4.78 is 15.0. The van der Waals surface area contributed by atoms with Gasteiger partial charge in [-0.05, 0) is 18.2 Å². The van der Waals surface area contributed by atoms with Gasteiger partial charge in [-0.15, -0.1) is 0 Å². The monoisotopic (exact) mass is 288 g/mol. The minimum Gasteiger partial charge on any atom is -0.267 e. The van der Waals surface area contributed by atoms with E-state index < -0.39 is 5.82 Å². The van der Waals surface area contributed by atoms with Crippen molar-refractivity contribution in [2.75, 3.05) is 0 Å². The van der Waals surface area contributed by atoms with Gasteiger partial charge in [0, 0.05) is 16.0 Å². The van der Waals surface area contributed by atoms with E-state index in [9.17, 15) is 9.18 Å². The van der Waals surface area contributed by atoms with Gasteiger partial charge >= 0.3 is 0 Å². The summed E-state index contributed by atoms with van der Waals surface area (Å²) >= 11 is 5.97. The molecular formula is C15H10ClFN2O. The Hall–Kier alpha value is -2.20. The van der Waals surface area contributed by atoms with Crippen molar-refractivity contribution < 1.29 is 4.39 Å². The van der Waals surface area contributed by atoms with Crippen LogP contribution in [0.3, 0.4) is 0 Å². The SMILES string of the molecule is O=c1c2ccccc2cnn1Cc1c(F)cccc1Cl. The van der Waals surface area contributed by atoms with Crippen LogP contribution in [0.4, 0.5) is 4.39 Å². The lowest BCUT2D eigenvalue weighted by Gasteiger charge is -2.08. The molecule has 0 fully saturated rings. The van der Waals surface area contributed by atoms with Gasteiger partial charge < -0.3 is 0 Å². The van der Waals surface area contributed by atoms with Crippen LogP contribution in [-0.4, -0.2) is 9.78 Å². The molecule has 2 aromatic carbocycles. The summed E-state index contributed by atoms with van der Waals surface area (Å²) in [5, 5.41) is 5.66. The molecule has 3 rings (SSSR count). The zero-order valence-electron chi connectivity index (χ0n) is 10.4. The average Bonchev–Trinajstić information content (AvgIpc) is 2.45. The lowest BCUT2D eigenvalue weighted by Crippen LogP contribution is -2.23. The summed E-state index contributed by atoms with van der Waals surface area (Å²) in [6, 6.07) is 11.6. The van der Waals surface area contributed by atoms with E-state index in [2.05, 4.69) is 5.10 Å². The standard InChI is InChI=1S/C15H10ClFN2O/c16-13-6-3-7-14(17)12(13)9-19-15(20)11-5-2-1-4-10(11)8-18-19/h1-8H,9H2. The van der Waals surface area contributed by atoms with Crippen LogP contribution in [0.2, 0.25) is 5.02 Å². The number of hydrogen-bond donors (Lipinski definition) is 0. The lowest BCUT2D eigenvalue weighted by molar-refractivity contribution is 0.575. The van der Waals surface area contributed by atoms with Gasteiger partial charge in [-0.3, -0.25) is 4.79 Å². The molecule has 0 N–H and O–H groups in total. The van der Waals surface area contributed by atoms with Gasteiger partial charge in [0.15, 0.2) is 0 Å². The number of hydrogen-bond acceptors (Lipinski definition) is 2. The van der Waals surface area contributed by atoms with Crippen molar-refractivity contribution in [3.8, 4) is 0 Å². The Bertz CT molecular complexity index is 824. The number of aromatic nitrogens is 2. The number of halogens is 2. The average molecular weight is 289 g/mol. The predicted molar refractivity (Wildman–Crippen MR) is 76.5 cm³/mol. The molecule has 3 nitrogen and oxygen atoms in total. The van der Waals surface area contributed by atoms with E-state index in [0.717, 1.165) is 5.39 Å². The first kappa shape index (κ1) is 12.8. The second kappa shape index (κ2) is 5.06. The molecule has 0 saturated carbocycles. The minimum atomic E-state index is -0.445. The fourth-order valence-electron chi connectivity index (χ4n) is 2.07. The van der Waals surface area contributed by atoms with Crippen molar-refractivity contribution in [2.24, 2.45) is 0 Å². The number of nitrogens with zero attached hydrogens (tertiary/aromatic N) is 2. The van der Waals surface area contributed by atoms with E-state index in [1.807, 2.05) is 12.1 Å². The molecule has 1 aromatic heterocycles. The molecule has 0 saturated heterocycles. The number of fused-ring (bicyclic) bond motifs is 1. The molecule has 0 radical (unpaired) electrons. The highest BCUT2D eigenvalue weighted by molar-refractivity contribution is 6.31. The number of benzene rings is 2. The quantitative estimate of drug-likeness (QED) is 0.725. The molecule has 0 atom stereocenters. The minimum absolute atomic E-state index is 0.00910. The molecule has 0 spiro atoms. The first-order valence-corrected chi connectivity index (χ1v) is 6.42. The zero-order valence-corrected chi connectivity index (χ0v) is 11.1. The molecular weight excluding hydrogens is 279 g/mol. The smallest absolute Gasteiger partial charge is 0.267 e. The van der Waals surface area contributed by atoms with Crippen molar-refractivity contribution >= 4 is 22.4 Å². The first-order chi connectivity index (χ1) is 9.66. The maximum absolute atomic E-state index is 13.8. The third kappa shape index (κ3) is 2.18. The Morgan fingerprint density at radius 1 is 1.15 bits per heavy atom. The second-order valence-corrected chi connectivity index (χ2v) is 4.80. The first-order valence-electron chi connectivity index (χ1n) is 6.04. The Kier molecular flexibility index (Phi) is 3.24. The maximum atomic E-state index is 13.8. The van der Waals surface area contributed by atoms with Crippen molar-refractivity contribution in [3.05, 3.63) is 75.4 Å². The van der Waals surface area contributed by atoms with Gasteiger partial charge in [-0.2, -0.15) is 5.10 Å². The molecule has 100 valence electrons. The molecule has 0 bridgehead atoms. The van der Waals surface area contributed by atoms with Gasteiger partial charge in [-0.25, -0.2) is 9.07 Å². The molecule has 0 aliphatic carbocycles. The maximum Gasteiger partial charge on any atom is 0.274 e. The molecule has 0 aliphatic rings. The Morgan fingerprint density at radius 3 is 2.75 bits per heavy atom. The summed E-state index contributed by atoms with van der Waals surface area (Å²) in [5.41, 5.74) is 0.00136. The highest BCUT2D eigenvalue weighted by atomic mass is 35.5. The van der Waals surface area contributed by atoms with Crippen LogP contribution < -0.4 is 5.56 Å². The fourth-order valence-corrected chi connectivity index (χ4v) is 2.30. The van der Waals surface area contributed by atoms with Crippen molar-refractivity contribution in [1.29, 1.82) is 0 Å². The van der Waals surface area contributed by atoms with Gasteiger partial charge in [0.25, 0.3) is 5.56 Å². The van der Waals surface area contributed by atoms with E-state index in [-0.39, 0.29) is 22.7 Å². The van der Waals surface area contributed by atoms with E-state index in [1.165, 1.54) is 16.8 Å². The Morgan fingerprint density at radius 2 is 1.95 bits per heavy atom. The molecule has 0 amide bonds. The van der Waals surface area contributed by atoms with E-state index in [0.29, 0.717) is 5.39 Å². The predicted octanol–water partition coefficient (Wildman–Crippen LogP) is 3.24. The van der Waals surface area contributed by atoms with Crippen LogP contribution in [0.25, 0.3) is 10.8 Å². The van der Waals surface area contributed by atoms with Gasteiger partial charge in [0.1, 0.15) is 5.82 Å². The van der Waals surface area contributed by atoms with Gasteiger partial charge in [-0.1, -0.05) is 35.9 Å². The van der Waals surface area contributed by atoms with Crippen molar-refractivity contribution in [3.63, 3.8) is 0 Å². The van der Waals surface area contributed by atoms with Crippen LogP contribution >= 0.6 is 11.6 Å². The molecule has 0 aliphatic heterocycles. The lowest BCUT2D eigenvalue weighted by atomic mass is 10.2. The molecule has 3 aromatic rings. The summed E-state index contributed by atoms with van der Waals surface area (Å²) in [6.45, 7) is 0.00910. The number of rotatable bonds is 2. The Labute approximate surface area is 119 Å². The third-order valence-electron chi connectivity index (χ3n) is 3.13. The highest BCUT2D eigenvalue weighted by Crippen LogP contribution is 2.19. The summed E-state index contributed by atoms with van der Waals surface area (Å²) in [7, 11) is 0. The van der Waals surface area contributed by atoms with Crippen LogP contribution in [0, 0.1) is 5.82 Å². The van der Waals surface area contributed by atoms with Crippen molar-refractivity contribution in [2.45, 2.75) is 6.54 Å². The summed E-state index contributed by atoms with van der Waals surface area (Å²) in [4.78, 5) is 12.3. The van der Waals surface area contributed by atoms with Crippen LogP contribution in [0.15, 0.2) is 53.5 Å². The topological polar surface area (TPSA) is 34.9 Å². The Balaban J connectivity index is 2.12. The molecule has 20 heavy (non-hydrogen) atoms. The molecule has 5 heteroatoms. The summed E-state index contributed by atoms with van der Waals surface area (Å²) in [5.74, 6) is -0.445. The fraction of sp³-hybridized carbons (Fsp3) is 0.0667. The largest absolute Gasteiger partial charge is 0.274 e. The highest BCUT2D eigenvalue weighted by Gasteiger charge is 2.10. The van der Waals surface area contributed by atoms with Crippen LogP contribution in [0.5, 0.6) is 0 Å². The molecule has 1 heterocycles. The zero-order chi connectivity index (χ0) is 14.1. The second-order valence-electron chi connectivity index (χ2n) is 4.39. The van der Waals surface area contributed by atoms with Gasteiger partial charge in [0.05, 0.1) is 18.1 Å². The summed E-state index contributed by atoms with van der Waals surface area (Å²) in [6.07, 6.45) is 1.59. The van der Waals surface area contributed by atoms with E-state index in [1.54, 1.807) is 24.4 Å². The van der Waals surface area contributed by atoms with Crippen LogP contribution in [0.1, 0.15) is 5.56 Å². The normalized spacial score (nSPS) is 10.9. The van der Waals surface area contributed by atoms with E-state index in [4.69, 9.17) is 11.6 Å². The third-order valence-corrected chi connectivity index (χ3v) is 3.49. The molecule has 0 unspecified atom stereocenters. The van der Waals surface area contributed by atoms with Crippen molar-refractivity contribution in [1.82, 2.24) is 9.78 Å². The van der Waals surface area contributed by atoms with Crippen LogP contribution in [-0.2, 0) is 6.54 Å². The van der Waals surface area contributed by atoms with Gasteiger partial charge in [0.2, 0.25) is 0 Å². The van der Waals surface area contributed by atoms with E-state index >= 15 is 0 Å².